The fourth-order valence-corrected chi connectivity index (χ4v) is 2.21. The highest BCUT2D eigenvalue weighted by molar-refractivity contribution is 5.87. The van der Waals surface area contributed by atoms with Crippen molar-refractivity contribution in [3.63, 3.8) is 0 Å². The van der Waals surface area contributed by atoms with E-state index in [1.54, 1.807) is 19.2 Å². The van der Waals surface area contributed by atoms with E-state index in [1.165, 1.54) is 6.21 Å². The van der Waals surface area contributed by atoms with Gasteiger partial charge in [-0.05, 0) is 11.6 Å². The summed E-state index contributed by atoms with van der Waals surface area (Å²) in [5.74, 6) is 1.66. The van der Waals surface area contributed by atoms with Crippen molar-refractivity contribution >= 4 is 12.1 Å². The topological polar surface area (TPSA) is 69.2 Å². The number of ether oxygens (including phenoxy) is 3. The maximum absolute atomic E-state index is 11.8. The number of hydrazone groups is 1. The Balaban J connectivity index is 1.65. The number of methoxy groups -OCH3 is 1. The lowest BCUT2D eigenvalue weighted by Gasteiger charge is -2.06. The van der Waals surface area contributed by atoms with Crippen molar-refractivity contribution in [2.75, 3.05) is 13.9 Å². The van der Waals surface area contributed by atoms with E-state index >= 15 is 0 Å². The zero-order chi connectivity index (χ0) is 16.1. The molecule has 0 aromatic heterocycles. The van der Waals surface area contributed by atoms with Gasteiger partial charge in [-0.25, -0.2) is 5.43 Å². The molecule has 0 bridgehead atoms. The molecule has 23 heavy (non-hydrogen) atoms. The molecule has 0 saturated heterocycles. The summed E-state index contributed by atoms with van der Waals surface area (Å²) in [7, 11) is 1.56. The number of carbonyl (C=O) groups is 1. The highest BCUT2D eigenvalue weighted by Crippen LogP contribution is 2.37. The molecule has 1 N–H and O–H groups in total. The van der Waals surface area contributed by atoms with Gasteiger partial charge in [0, 0.05) is 11.6 Å². The molecule has 0 aliphatic carbocycles. The lowest BCUT2D eigenvalue weighted by atomic mass is 10.1. The number of carbonyl (C=O) groups excluding carboxylic acids is 1. The lowest BCUT2D eigenvalue weighted by Crippen LogP contribution is -2.19. The Hall–Kier alpha value is -3.02. The molecule has 0 radical (unpaired) electrons. The van der Waals surface area contributed by atoms with E-state index in [0.29, 0.717) is 22.8 Å². The Morgan fingerprint density at radius 2 is 2.00 bits per heavy atom. The summed E-state index contributed by atoms with van der Waals surface area (Å²) in [4.78, 5) is 11.8. The summed E-state index contributed by atoms with van der Waals surface area (Å²) < 4.78 is 15.9. The van der Waals surface area contributed by atoms with Gasteiger partial charge < -0.3 is 14.2 Å². The molecule has 0 atom stereocenters. The number of hydrogen-bond donors (Lipinski definition) is 1. The van der Waals surface area contributed by atoms with Crippen LogP contribution in [0.1, 0.15) is 11.1 Å². The minimum absolute atomic E-state index is 0.187. The second-order valence-electron chi connectivity index (χ2n) is 4.90. The summed E-state index contributed by atoms with van der Waals surface area (Å²) >= 11 is 0. The van der Waals surface area contributed by atoms with Crippen LogP contribution in [0.15, 0.2) is 47.6 Å². The SMILES string of the molecule is COc1cc2c(cc1/C=N\NC(=O)Cc1ccccc1)OCO2. The van der Waals surface area contributed by atoms with Crippen molar-refractivity contribution in [1.82, 2.24) is 5.43 Å². The van der Waals surface area contributed by atoms with Crippen LogP contribution < -0.4 is 19.6 Å². The first kappa shape index (κ1) is 14.9. The van der Waals surface area contributed by atoms with Crippen molar-refractivity contribution in [2.24, 2.45) is 5.10 Å². The second kappa shape index (κ2) is 6.83. The van der Waals surface area contributed by atoms with Crippen molar-refractivity contribution in [2.45, 2.75) is 6.42 Å². The monoisotopic (exact) mass is 312 g/mol. The molecule has 0 spiro atoms. The number of rotatable bonds is 5. The molecule has 2 aromatic carbocycles. The maximum Gasteiger partial charge on any atom is 0.244 e. The van der Waals surface area contributed by atoms with Crippen LogP contribution in [-0.4, -0.2) is 26.0 Å². The summed E-state index contributed by atoms with van der Waals surface area (Å²) in [5, 5.41) is 3.97. The fourth-order valence-electron chi connectivity index (χ4n) is 2.21. The Labute approximate surface area is 133 Å². The fraction of sp³-hybridized carbons (Fsp3) is 0.176. The molecule has 118 valence electrons. The van der Waals surface area contributed by atoms with E-state index in [-0.39, 0.29) is 19.1 Å². The Kier molecular flexibility index (Phi) is 4.42. The first-order chi connectivity index (χ1) is 11.3. The maximum atomic E-state index is 11.8. The molecule has 0 saturated carbocycles. The standard InChI is InChI=1S/C17H16N2O4/c1-21-14-9-16-15(22-11-23-16)8-13(14)10-18-19-17(20)7-12-5-3-2-4-6-12/h2-6,8-10H,7,11H2,1H3,(H,19,20)/b18-10-. The molecule has 0 fully saturated rings. The van der Waals surface area contributed by atoms with Gasteiger partial charge in [-0.3, -0.25) is 4.79 Å². The minimum atomic E-state index is -0.188. The third-order valence-corrected chi connectivity index (χ3v) is 3.33. The van der Waals surface area contributed by atoms with Crippen LogP contribution in [-0.2, 0) is 11.2 Å². The van der Waals surface area contributed by atoms with Gasteiger partial charge in [0.2, 0.25) is 12.7 Å². The normalized spacial score (nSPS) is 12.4. The molecule has 1 heterocycles. The smallest absolute Gasteiger partial charge is 0.244 e. The first-order valence-electron chi connectivity index (χ1n) is 7.10. The van der Waals surface area contributed by atoms with Crippen LogP contribution in [0.3, 0.4) is 0 Å². The van der Waals surface area contributed by atoms with Gasteiger partial charge in [0.25, 0.3) is 0 Å². The highest BCUT2D eigenvalue weighted by atomic mass is 16.7. The number of nitrogens with zero attached hydrogens (tertiary/aromatic N) is 1. The molecule has 6 nitrogen and oxygen atoms in total. The number of hydrogen-bond acceptors (Lipinski definition) is 5. The summed E-state index contributed by atoms with van der Waals surface area (Å²) in [6, 6.07) is 13.0. The van der Waals surface area contributed by atoms with Crippen LogP contribution >= 0.6 is 0 Å². The molecule has 6 heteroatoms. The zero-order valence-electron chi connectivity index (χ0n) is 12.6. The molecular formula is C17H16N2O4. The van der Waals surface area contributed by atoms with Crippen LogP contribution in [0.25, 0.3) is 0 Å². The first-order valence-corrected chi connectivity index (χ1v) is 7.10. The Morgan fingerprint density at radius 3 is 2.74 bits per heavy atom. The van der Waals surface area contributed by atoms with E-state index in [9.17, 15) is 4.79 Å². The lowest BCUT2D eigenvalue weighted by molar-refractivity contribution is -0.120. The average molecular weight is 312 g/mol. The largest absolute Gasteiger partial charge is 0.496 e. The van der Waals surface area contributed by atoms with Crippen LogP contribution in [0.2, 0.25) is 0 Å². The van der Waals surface area contributed by atoms with Gasteiger partial charge in [0.1, 0.15) is 5.75 Å². The van der Waals surface area contributed by atoms with Gasteiger partial charge in [0.05, 0.1) is 19.7 Å². The van der Waals surface area contributed by atoms with Crippen LogP contribution in [0, 0.1) is 0 Å². The van der Waals surface area contributed by atoms with E-state index in [1.807, 2.05) is 30.3 Å². The van der Waals surface area contributed by atoms with Crippen molar-refractivity contribution in [3.05, 3.63) is 53.6 Å². The predicted molar refractivity (Wildman–Crippen MR) is 85.0 cm³/mol. The predicted octanol–water partition coefficient (Wildman–Crippen LogP) is 2.12. The quantitative estimate of drug-likeness (QED) is 0.678. The molecule has 1 aliphatic rings. The number of benzene rings is 2. The van der Waals surface area contributed by atoms with E-state index in [4.69, 9.17) is 14.2 Å². The molecule has 2 aromatic rings. The number of fused-ring (bicyclic) bond motifs is 1. The molecule has 1 amide bonds. The summed E-state index contributed by atoms with van der Waals surface area (Å²) in [6.45, 7) is 0.187. The zero-order valence-corrected chi connectivity index (χ0v) is 12.6. The van der Waals surface area contributed by atoms with Gasteiger partial charge >= 0.3 is 0 Å². The van der Waals surface area contributed by atoms with Crippen molar-refractivity contribution in [3.8, 4) is 17.2 Å². The molecule has 3 rings (SSSR count). The molecular weight excluding hydrogens is 296 g/mol. The van der Waals surface area contributed by atoms with Crippen molar-refractivity contribution in [1.29, 1.82) is 0 Å². The number of amides is 1. The van der Waals surface area contributed by atoms with E-state index in [0.717, 1.165) is 5.56 Å². The van der Waals surface area contributed by atoms with Gasteiger partial charge in [-0.2, -0.15) is 5.10 Å². The summed E-state index contributed by atoms with van der Waals surface area (Å²) in [5.41, 5.74) is 4.12. The van der Waals surface area contributed by atoms with Gasteiger partial charge in [-0.15, -0.1) is 0 Å². The van der Waals surface area contributed by atoms with Gasteiger partial charge in [-0.1, -0.05) is 30.3 Å². The van der Waals surface area contributed by atoms with Gasteiger partial charge in [0.15, 0.2) is 11.5 Å². The molecule has 1 aliphatic heterocycles. The number of nitrogens with one attached hydrogen (secondary N) is 1. The Morgan fingerprint density at radius 1 is 1.26 bits per heavy atom. The van der Waals surface area contributed by atoms with E-state index < -0.39 is 0 Å². The third kappa shape index (κ3) is 3.60. The molecule has 0 unspecified atom stereocenters. The van der Waals surface area contributed by atoms with Crippen LogP contribution in [0.4, 0.5) is 0 Å². The van der Waals surface area contributed by atoms with E-state index in [2.05, 4.69) is 10.5 Å². The third-order valence-electron chi connectivity index (χ3n) is 3.33. The Bertz CT molecular complexity index is 729. The van der Waals surface area contributed by atoms with Crippen molar-refractivity contribution < 1.29 is 19.0 Å². The van der Waals surface area contributed by atoms with Crippen LogP contribution in [0.5, 0.6) is 17.2 Å². The summed E-state index contributed by atoms with van der Waals surface area (Å²) in [6.07, 6.45) is 1.79. The average Bonchev–Trinajstić information content (AvgIpc) is 3.02. The minimum Gasteiger partial charge on any atom is -0.496 e. The second-order valence-corrected chi connectivity index (χ2v) is 4.90. The highest BCUT2D eigenvalue weighted by Gasteiger charge is 2.17.